The predicted molar refractivity (Wildman–Crippen MR) is 60.8 cm³/mol. The van der Waals surface area contributed by atoms with Crippen molar-refractivity contribution in [3.05, 3.63) is 0 Å². The van der Waals surface area contributed by atoms with E-state index < -0.39 is 19.5 Å². The van der Waals surface area contributed by atoms with Crippen LogP contribution in [0.2, 0.25) is 0 Å². The van der Waals surface area contributed by atoms with E-state index in [2.05, 4.69) is 0 Å². The molecule has 0 atom stereocenters. The SMILES string of the molecule is CC(C)(C)C([O-])[O-].O=P([O-])([O-])[O-].[NH4+].[NH4+].[NH4+].[NH4+].[NH4+]. The van der Waals surface area contributed by atoms with Gasteiger partial charge >= 0.3 is 0 Å². The second-order valence-corrected chi connectivity index (χ2v) is 4.04. The normalized spacial score (nSPS) is 8.76. The third kappa shape index (κ3) is 89.1. The van der Waals surface area contributed by atoms with Gasteiger partial charge in [0.2, 0.25) is 0 Å². The fourth-order valence-electron chi connectivity index (χ4n) is 0. The molecule has 0 unspecified atom stereocenters. The molecule has 17 heavy (non-hydrogen) atoms. The molecule has 0 aliphatic rings. The van der Waals surface area contributed by atoms with Gasteiger partial charge in [0.25, 0.3) is 0 Å². The van der Waals surface area contributed by atoms with Gasteiger partial charge in [-0.15, -0.1) is 0 Å². The zero-order valence-electron chi connectivity index (χ0n) is 12.0. The molecule has 0 saturated carbocycles. The van der Waals surface area contributed by atoms with Crippen LogP contribution < -0.4 is 55.6 Å². The first kappa shape index (κ1) is 43.6. The van der Waals surface area contributed by atoms with Gasteiger partial charge in [-0.1, -0.05) is 26.2 Å². The first-order valence-electron chi connectivity index (χ1n) is 2.99. The lowest BCUT2D eigenvalue weighted by atomic mass is 9.96. The van der Waals surface area contributed by atoms with Gasteiger partial charge in [-0.2, -0.15) is 7.82 Å². The molecule has 0 aromatic heterocycles. The Morgan fingerprint density at radius 2 is 0.882 bits per heavy atom. The lowest BCUT2D eigenvalue weighted by Crippen LogP contribution is -2.49. The highest BCUT2D eigenvalue weighted by atomic mass is 31.2. The third-order valence-corrected chi connectivity index (χ3v) is 0.707. The fraction of sp³-hybridized carbons (Fsp3) is 1.00. The number of hydrogen-bond acceptors (Lipinski definition) is 6. The molecule has 11 nitrogen and oxygen atoms in total. The van der Waals surface area contributed by atoms with Gasteiger partial charge in [0.1, 0.15) is 0 Å². The molecule has 0 amide bonds. The predicted octanol–water partition coefficient (Wildman–Crippen LogP) is -1.86. The summed E-state index contributed by atoms with van der Waals surface area (Å²) in [4.78, 5) is 25.6. The van der Waals surface area contributed by atoms with Gasteiger partial charge in [-0.3, -0.25) is 0 Å². The minimum Gasteiger partial charge on any atom is -0.865 e. The van der Waals surface area contributed by atoms with E-state index in [0.29, 0.717) is 0 Å². The smallest absolute Gasteiger partial charge is 0.0625 e. The second-order valence-electron chi connectivity index (χ2n) is 3.15. The topological polar surface area (TPSA) is 315 Å². The average Bonchev–Trinajstić information content (AvgIpc) is 1.55. The Morgan fingerprint density at radius 3 is 0.882 bits per heavy atom. The maximum Gasteiger partial charge on any atom is -0.0625 e. The molecule has 0 fully saturated rings. The Labute approximate surface area is 101 Å². The van der Waals surface area contributed by atoms with E-state index >= 15 is 0 Å². The maximum absolute atomic E-state index is 9.99. The Hall–Kier alpha value is -0.170. The first-order chi connectivity index (χ1) is 4.94. The Morgan fingerprint density at radius 1 is 0.824 bits per heavy atom. The summed E-state index contributed by atoms with van der Waals surface area (Å²) in [6, 6.07) is 0. The summed E-state index contributed by atoms with van der Waals surface area (Å²) in [5.74, 6) is 0. The molecule has 0 saturated heterocycles. The van der Waals surface area contributed by atoms with E-state index in [1.54, 1.807) is 20.8 Å². The molecule has 116 valence electrons. The van der Waals surface area contributed by atoms with E-state index in [-0.39, 0.29) is 30.8 Å². The van der Waals surface area contributed by atoms with E-state index in [4.69, 9.17) is 19.2 Å². The maximum atomic E-state index is 9.99. The highest BCUT2D eigenvalue weighted by Crippen LogP contribution is 2.11. The van der Waals surface area contributed by atoms with Gasteiger partial charge in [-0.25, -0.2) is 6.29 Å². The summed E-state index contributed by atoms with van der Waals surface area (Å²) in [7, 11) is -5.39. The molecule has 20 N–H and O–H groups in total. The van der Waals surface area contributed by atoms with E-state index in [1.807, 2.05) is 0 Å². The molecule has 0 rings (SSSR count). The van der Waals surface area contributed by atoms with Crippen LogP contribution in [0.15, 0.2) is 0 Å². The highest BCUT2D eigenvalue weighted by molar-refractivity contribution is 7.40. The quantitative estimate of drug-likeness (QED) is 0.250. The molecule has 0 aliphatic heterocycles. The fourth-order valence-corrected chi connectivity index (χ4v) is 0. The minimum atomic E-state index is -5.39. The van der Waals surface area contributed by atoms with Crippen LogP contribution in [0, 0.1) is 5.41 Å². The molecule has 0 radical (unpaired) electrons. The van der Waals surface area contributed by atoms with Crippen molar-refractivity contribution < 1.29 is 29.5 Å². The number of quaternary nitrogens is 5. The number of hydrogen-bond donors (Lipinski definition) is 5. The van der Waals surface area contributed by atoms with Crippen molar-refractivity contribution in [2.45, 2.75) is 27.1 Å². The minimum absolute atomic E-state index is 0. The Kier molecular flexibility index (Phi) is 40.6. The van der Waals surface area contributed by atoms with Gasteiger partial charge in [0.05, 0.1) is 0 Å². The third-order valence-electron chi connectivity index (χ3n) is 0.707. The van der Waals surface area contributed by atoms with Crippen molar-refractivity contribution >= 4 is 7.82 Å². The van der Waals surface area contributed by atoms with Crippen molar-refractivity contribution in [2.75, 3.05) is 0 Å². The van der Waals surface area contributed by atoms with Crippen molar-refractivity contribution in [1.29, 1.82) is 0 Å². The first-order valence-corrected chi connectivity index (χ1v) is 4.45. The number of rotatable bonds is 0. The van der Waals surface area contributed by atoms with Crippen molar-refractivity contribution in [2.24, 2.45) is 5.41 Å². The Bertz CT molecular complexity index is 160. The van der Waals surface area contributed by atoms with Crippen LogP contribution in [-0.2, 0) is 4.57 Å². The van der Waals surface area contributed by atoms with Crippen LogP contribution >= 0.6 is 7.82 Å². The molecular weight excluding hydrogens is 257 g/mol. The van der Waals surface area contributed by atoms with E-state index in [0.717, 1.165) is 0 Å². The van der Waals surface area contributed by atoms with Gasteiger partial charge in [0.15, 0.2) is 0 Å². The van der Waals surface area contributed by atoms with Crippen molar-refractivity contribution in [3.63, 3.8) is 0 Å². The molecule has 12 heteroatoms. The molecule has 0 bridgehead atoms. The van der Waals surface area contributed by atoms with E-state index in [9.17, 15) is 10.2 Å². The Balaban J connectivity index is -0.0000000187. The van der Waals surface area contributed by atoms with Crippen molar-refractivity contribution in [3.8, 4) is 0 Å². The summed E-state index contributed by atoms with van der Waals surface area (Å²) in [6.07, 6.45) is -1.70. The van der Waals surface area contributed by atoms with Gasteiger partial charge in [0, 0.05) is 0 Å². The van der Waals surface area contributed by atoms with Crippen LogP contribution in [0.3, 0.4) is 0 Å². The zero-order valence-corrected chi connectivity index (χ0v) is 12.9. The average molecular weight is 287 g/mol. The van der Waals surface area contributed by atoms with Gasteiger partial charge in [-0.05, 0) is 0 Å². The molecule has 0 heterocycles. The highest BCUT2D eigenvalue weighted by Gasteiger charge is 2.02. The second kappa shape index (κ2) is 15.8. The zero-order chi connectivity index (χ0) is 10.6. The van der Waals surface area contributed by atoms with Crippen LogP contribution in [0.25, 0.3) is 0 Å². The monoisotopic (exact) mass is 287 g/mol. The van der Waals surface area contributed by atoms with Crippen LogP contribution in [-0.4, -0.2) is 6.29 Å². The lowest BCUT2D eigenvalue weighted by Gasteiger charge is -2.42. The largest absolute Gasteiger partial charge is 0.865 e. The van der Waals surface area contributed by atoms with Crippen LogP contribution in [0.1, 0.15) is 20.8 Å². The molecule has 0 aliphatic carbocycles. The summed E-state index contributed by atoms with van der Waals surface area (Å²) in [5, 5.41) is 20.0. The number of phosphoric acid groups is 1. The summed E-state index contributed by atoms with van der Waals surface area (Å²) in [5.41, 5.74) is -0.611. The van der Waals surface area contributed by atoms with E-state index in [1.165, 1.54) is 0 Å². The molecular formula is C5H30N5O6P. The molecule has 0 aromatic carbocycles. The summed E-state index contributed by atoms with van der Waals surface area (Å²) in [6.45, 7) is 4.91. The van der Waals surface area contributed by atoms with Gasteiger partial charge < -0.3 is 60.2 Å². The van der Waals surface area contributed by atoms with Crippen LogP contribution in [0.4, 0.5) is 0 Å². The lowest BCUT2D eigenvalue weighted by molar-refractivity contribution is -0.677. The van der Waals surface area contributed by atoms with Crippen LogP contribution in [0.5, 0.6) is 0 Å². The summed E-state index contributed by atoms with van der Waals surface area (Å²) >= 11 is 0. The van der Waals surface area contributed by atoms with Crippen molar-refractivity contribution in [1.82, 2.24) is 30.8 Å². The molecule has 0 aromatic rings. The standard InChI is InChI=1S/C5H10O2.5H3N.H3O4P/c1-5(2,3)4(6)7;;;;;;1-5(2,3)4/h4H,1-3H3;5*1H3;(H3,1,2,3,4)/q-2;;;;;;/p+2. The molecule has 0 spiro atoms. The summed E-state index contributed by atoms with van der Waals surface area (Å²) < 4.78 is 8.55.